The van der Waals surface area contributed by atoms with Crippen LogP contribution in [0, 0.1) is 5.92 Å². The van der Waals surface area contributed by atoms with E-state index in [2.05, 4.69) is 51.2 Å². The Balaban J connectivity index is 1.31. The number of fused-ring (bicyclic) bond motifs is 1. The molecule has 0 atom stereocenters. The van der Waals surface area contributed by atoms with Crippen molar-refractivity contribution in [2.45, 2.75) is 18.8 Å². The van der Waals surface area contributed by atoms with Crippen LogP contribution in [-0.4, -0.2) is 47.9 Å². The highest BCUT2D eigenvalue weighted by molar-refractivity contribution is 5.80. The summed E-state index contributed by atoms with van der Waals surface area (Å²) in [7, 11) is 0. The van der Waals surface area contributed by atoms with E-state index in [9.17, 15) is 5.11 Å². The number of aromatic nitrogens is 2. The molecule has 1 aromatic carbocycles. The molecule has 3 aromatic rings. The second-order valence-corrected chi connectivity index (χ2v) is 8.01. The van der Waals surface area contributed by atoms with Gasteiger partial charge in [0.2, 0.25) is 0 Å². The SMILES string of the molecule is OCC1CCN(c2ccncc2C2CN(c3ccc4ccccc4n3)C2)CC1. The molecule has 0 amide bonds. The minimum absolute atomic E-state index is 0.313. The van der Waals surface area contributed by atoms with E-state index in [1.54, 1.807) is 0 Å². The Labute approximate surface area is 165 Å². The van der Waals surface area contributed by atoms with Gasteiger partial charge in [-0.2, -0.15) is 0 Å². The number of pyridine rings is 2. The summed E-state index contributed by atoms with van der Waals surface area (Å²) in [5.41, 5.74) is 3.72. The fourth-order valence-corrected chi connectivity index (χ4v) is 4.45. The summed E-state index contributed by atoms with van der Waals surface area (Å²) in [6.45, 7) is 4.32. The molecule has 5 rings (SSSR count). The van der Waals surface area contributed by atoms with Gasteiger partial charge >= 0.3 is 0 Å². The van der Waals surface area contributed by atoms with E-state index >= 15 is 0 Å². The van der Waals surface area contributed by atoms with Gasteiger partial charge in [0.05, 0.1) is 5.52 Å². The molecule has 2 aliphatic rings. The monoisotopic (exact) mass is 374 g/mol. The zero-order valence-corrected chi connectivity index (χ0v) is 16.0. The third kappa shape index (κ3) is 3.20. The summed E-state index contributed by atoms with van der Waals surface area (Å²) in [4.78, 5) is 14.1. The fourth-order valence-electron chi connectivity index (χ4n) is 4.45. The van der Waals surface area contributed by atoms with Crippen molar-refractivity contribution in [2.24, 2.45) is 5.92 Å². The van der Waals surface area contributed by atoms with Gasteiger partial charge in [-0.15, -0.1) is 0 Å². The lowest BCUT2D eigenvalue weighted by Crippen LogP contribution is -2.46. The molecule has 0 unspecified atom stereocenters. The predicted octanol–water partition coefficient (Wildman–Crippen LogP) is 3.44. The van der Waals surface area contributed by atoms with Gasteiger partial charge in [-0.25, -0.2) is 4.98 Å². The molecule has 28 heavy (non-hydrogen) atoms. The van der Waals surface area contributed by atoms with Crippen LogP contribution in [0.5, 0.6) is 0 Å². The van der Waals surface area contributed by atoms with Crippen LogP contribution in [0.2, 0.25) is 0 Å². The maximum Gasteiger partial charge on any atom is 0.129 e. The van der Waals surface area contributed by atoms with Crippen molar-refractivity contribution >= 4 is 22.4 Å². The molecule has 0 radical (unpaired) electrons. The second-order valence-electron chi connectivity index (χ2n) is 8.01. The summed E-state index contributed by atoms with van der Waals surface area (Å²) in [6, 6.07) is 14.7. The lowest BCUT2D eigenvalue weighted by molar-refractivity contribution is 0.203. The van der Waals surface area contributed by atoms with Crippen LogP contribution in [-0.2, 0) is 0 Å². The van der Waals surface area contributed by atoms with Crippen LogP contribution in [0.25, 0.3) is 10.9 Å². The molecule has 2 aliphatic heterocycles. The van der Waals surface area contributed by atoms with Crippen LogP contribution in [0.3, 0.4) is 0 Å². The van der Waals surface area contributed by atoms with Crippen molar-refractivity contribution in [2.75, 3.05) is 42.6 Å². The summed E-state index contributed by atoms with van der Waals surface area (Å²) in [5, 5.41) is 10.6. The molecular formula is C23H26N4O. The third-order valence-electron chi connectivity index (χ3n) is 6.27. The third-order valence-corrected chi connectivity index (χ3v) is 6.27. The van der Waals surface area contributed by atoms with Gasteiger partial charge in [-0.1, -0.05) is 18.2 Å². The number of benzene rings is 1. The average Bonchev–Trinajstić information content (AvgIpc) is 2.73. The number of piperidine rings is 1. The molecule has 5 nitrogen and oxygen atoms in total. The lowest BCUT2D eigenvalue weighted by atomic mass is 9.90. The Hall–Kier alpha value is -2.66. The van der Waals surface area contributed by atoms with E-state index in [0.717, 1.165) is 50.4 Å². The highest BCUT2D eigenvalue weighted by Crippen LogP contribution is 2.37. The molecule has 0 bridgehead atoms. The number of hydrogen-bond donors (Lipinski definition) is 1. The first kappa shape index (κ1) is 17.4. The molecule has 5 heteroatoms. The zero-order valence-electron chi connectivity index (χ0n) is 16.0. The standard InChI is InChI=1S/C23H26N4O/c28-16-17-8-11-26(12-9-17)22-7-10-24-13-20(22)19-14-27(15-19)23-6-5-18-3-1-2-4-21(18)25-23/h1-7,10,13,17,19,28H,8-9,11-12,14-16H2. The van der Waals surface area contributed by atoms with E-state index in [0.29, 0.717) is 18.4 Å². The van der Waals surface area contributed by atoms with Crippen molar-refractivity contribution in [3.8, 4) is 0 Å². The molecule has 144 valence electrons. The molecular weight excluding hydrogens is 348 g/mol. The van der Waals surface area contributed by atoms with Crippen molar-refractivity contribution in [1.29, 1.82) is 0 Å². The van der Waals surface area contributed by atoms with Gasteiger partial charge in [-0.3, -0.25) is 4.98 Å². The molecule has 2 aromatic heterocycles. The number of rotatable bonds is 4. The molecule has 4 heterocycles. The molecule has 2 fully saturated rings. The first-order chi connectivity index (χ1) is 13.8. The van der Waals surface area contributed by atoms with Crippen molar-refractivity contribution in [3.63, 3.8) is 0 Å². The van der Waals surface area contributed by atoms with Crippen LogP contribution >= 0.6 is 0 Å². The molecule has 0 spiro atoms. The second kappa shape index (κ2) is 7.40. The number of anilines is 2. The minimum Gasteiger partial charge on any atom is -0.396 e. The smallest absolute Gasteiger partial charge is 0.129 e. The van der Waals surface area contributed by atoms with Crippen LogP contribution in [0.15, 0.2) is 54.9 Å². The van der Waals surface area contributed by atoms with Gasteiger partial charge in [-0.05, 0) is 43.0 Å². The molecule has 0 saturated carbocycles. The number of hydrogen-bond acceptors (Lipinski definition) is 5. The first-order valence-electron chi connectivity index (χ1n) is 10.2. The highest BCUT2D eigenvalue weighted by atomic mass is 16.3. The summed E-state index contributed by atoms with van der Waals surface area (Å²) >= 11 is 0. The first-order valence-corrected chi connectivity index (χ1v) is 10.2. The Morgan fingerprint density at radius 1 is 0.964 bits per heavy atom. The summed E-state index contributed by atoms with van der Waals surface area (Å²) in [5.74, 6) is 2.01. The zero-order chi connectivity index (χ0) is 18.9. The van der Waals surface area contributed by atoms with Crippen molar-refractivity contribution < 1.29 is 5.11 Å². The van der Waals surface area contributed by atoms with Gasteiger partial charge in [0.15, 0.2) is 0 Å². The van der Waals surface area contributed by atoms with Gasteiger partial charge < -0.3 is 14.9 Å². The Bertz CT molecular complexity index is 961. The van der Waals surface area contributed by atoms with E-state index in [1.807, 2.05) is 18.5 Å². The minimum atomic E-state index is 0.313. The number of aliphatic hydroxyl groups excluding tert-OH is 1. The average molecular weight is 374 g/mol. The largest absolute Gasteiger partial charge is 0.396 e. The van der Waals surface area contributed by atoms with E-state index < -0.39 is 0 Å². The van der Waals surface area contributed by atoms with Crippen molar-refractivity contribution in [1.82, 2.24) is 9.97 Å². The van der Waals surface area contributed by atoms with E-state index in [1.165, 1.54) is 16.6 Å². The molecule has 2 saturated heterocycles. The quantitative estimate of drug-likeness (QED) is 0.758. The van der Waals surface area contributed by atoms with Gasteiger partial charge in [0, 0.05) is 67.7 Å². The van der Waals surface area contributed by atoms with Gasteiger partial charge in [0.1, 0.15) is 5.82 Å². The predicted molar refractivity (Wildman–Crippen MR) is 113 cm³/mol. The number of para-hydroxylation sites is 1. The fraction of sp³-hybridized carbons (Fsp3) is 0.391. The van der Waals surface area contributed by atoms with E-state index in [4.69, 9.17) is 4.98 Å². The van der Waals surface area contributed by atoms with E-state index in [-0.39, 0.29) is 0 Å². The lowest BCUT2D eigenvalue weighted by Gasteiger charge is -2.42. The van der Waals surface area contributed by atoms with Crippen LogP contribution in [0.1, 0.15) is 24.3 Å². The number of nitrogens with zero attached hydrogens (tertiary/aromatic N) is 4. The maximum absolute atomic E-state index is 9.40. The maximum atomic E-state index is 9.40. The van der Waals surface area contributed by atoms with Gasteiger partial charge in [0.25, 0.3) is 0 Å². The summed E-state index contributed by atoms with van der Waals surface area (Å²) in [6.07, 6.45) is 6.08. The molecule has 1 N–H and O–H groups in total. The van der Waals surface area contributed by atoms with Crippen LogP contribution < -0.4 is 9.80 Å². The topological polar surface area (TPSA) is 52.5 Å². The highest BCUT2D eigenvalue weighted by Gasteiger charge is 2.32. The Morgan fingerprint density at radius 2 is 1.79 bits per heavy atom. The Kier molecular flexibility index (Phi) is 4.61. The van der Waals surface area contributed by atoms with Crippen LogP contribution in [0.4, 0.5) is 11.5 Å². The normalized spacial score (nSPS) is 18.5. The summed E-state index contributed by atoms with van der Waals surface area (Å²) < 4.78 is 0. The number of aliphatic hydroxyl groups is 1. The molecule has 0 aliphatic carbocycles. The van der Waals surface area contributed by atoms with Crippen molar-refractivity contribution in [3.05, 3.63) is 60.4 Å². The Morgan fingerprint density at radius 3 is 2.61 bits per heavy atom.